The molecule has 1 aromatic heterocycles. The number of thioether (sulfide) groups is 1. The summed E-state index contributed by atoms with van der Waals surface area (Å²) in [6, 6.07) is 12.0. The number of nitrogens with zero attached hydrogens (tertiary/aromatic N) is 3. The Labute approximate surface area is 182 Å². The number of carbonyl (C=O) groups excluding carboxylic acids is 1. The Bertz CT molecular complexity index is 1010. The highest BCUT2D eigenvalue weighted by atomic mass is 35.5. The number of rotatable bonds is 6. The second-order valence-corrected chi connectivity index (χ2v) is 8.29. The largest absolute Gasteiger partial charge is 0.342 e. The van der Waals surface area contributed by atoms with E-state index in [0.29, 0.717) is 32.2 Å². The second kappa shape index (κ2) is 9.18. The van der Waals surface area contributed by atoms with E-state index in [0.717, 1.165) is 10.7 Å². The molecule has 1 heterocycles. The summed E-state index contributed by atoms with van der Waals surface area (Å²) in [5.74, 6) is 1.01. The highest BCUT2D eigenvalue weighted by molar-refractivity contribution is 7.98. The number of aromatic nitrogens is 3. The number of halogens is 3. The molecule has 28 heavy (non-hydrogen) atoms. The molecule has 5 nitrogen and oxygen atoms in total. The lowest BCUT2D eigenvalue weighted by Gasteiger charge is -2.14. The topological polar surface area (TPSA) is 59.8 Å². The fraction of sp³-hybridized carbons (Fsp3) is 0.211. The first kappa shape index (κ1) is 21.0. The lowest BCUT2D eigenvalue weighted by atomic mass is 10.2. The van der Waals surface area contributed by atoms with Gasteiger partial charge in [-0.1, -0.05) is 64.8 Å². The predicted molar refractivity (Wildman–Crippen MR) is 114 cm³/mol. The zero-order valence-corrected chi connectivity index (χ0v) is 18.2. The lowest BCUT2D eigenvalue weighted by molar-refractivity contribution is 0.0938. The SMILES string of the molecule is C[C@@H](NC(=O)c1ccccc1Cl)c1nnc(SCc2ccc(Cl)cc2Cl)n1C. The molecule has 2 aromatic carbocycles. The van der Waals surface area contributed by atoms with E-state index in [4.69, 9.17) is 34.8 Å². The van der Waals surface area contributed by atoms with Gasteiger partial charge < -0.3 is 9.88 Å². The zero-order valence-electron chi connectivity index (χ0n) is 15.1. The molecule has 0 aliphatic rings. The Morgan fingerprint density at radius 2 is 1.89 bits per heavy atom. The molecule has 0 saturated carbocycles. The van der Waals surface area contributed by atoms with Gasteiger partial charge in [-0.05, 0) is 36.8 Å². The van der Waals surface area contributed by atoms with Gasteiger partial charge in [0.2, 0.25) is 0 Å². The van der Waals surface area contributed by atoms with Crippen molar-refractivity contribution < 1.29 is 4.79 Å². The van der Waals surface area contributed by atoms with Crippen LogP contribution in [0.25, 0.3) is 0 Å². The maximum absolute atomic E-state index is 12.5. The molecule has 0 aliphatic heterocycles. The Morgan fingerprint density at radius 1 is 1.14 bits per heavy atom. The van der Waals surface area contributed by atoms with Crippen molar-refractivity contribution in [1.29, 1.82) is 0 Å². The molecule has 0 unspecified atom stereocenters. The van der Waals surface area contributed by atoms with Gasteiger partial charge in [0.25, 0.3) is 5.91 Å². The average molecular weight is 456 g/mol. The van der Waals surface area contributed by atoms with Gasteiger partial charge in [-0.3, -0.25) is 4.79 Å². The van der Waals surface area contributed by atoms with E-state index in [1.807, 2.05) is 24.6 Å². The quantitative estimate of drug-likeness (QED) is 0.494. The maximum atomic E-state index is 12.5. The molecule has 1 N–H and O–H groups in total. The van der Waals surface area contributed by atoms with Crippen LogP contribution in [0.4, 0.5) is 0 Å². The highest BCUT2D eigenvalue weighted by Crippen LogP contribution is 2.28. The standard InChI is InChI=1S/C19H17Cl3N4OS/c1-11(23-18(27)14-5-3-4-6-15(14)21)17-24-25-19(26(17)2)28-10-12-7-8-13(20)9-16(12)22/h3-9,11H,10H2,1-2H3,(H,23,27)/t11-/m1/s1. The van der Waals surface area contributed by atoms with E-state index in [2.05, 4.69) is 15.5 Å². The third-order valence-corrected chi connectivity index (χ3v) is 6.08. The molecule has 3 aromatic rings. The molecule has 0 radical (unpaired) electrons. The van der Waals surface area contributed by atoms with Crippen LogP contribution in [0.3, 0.4) is 0 Å². The zero-order chi connectivity index (χ0) is 20.3. The summed E-state index contributed by atoms with van der Waals surface area (Å²) >= 11 is 19.7. The molecule has 146 valence electrons. The van der Waals surface area contributed by atoms with Crippen molar-refractivity contribution in [2.45, 2.75) is 23.9 Å². The number of nitrogens with one attached hydrogen (secondary N) is 1. The van der Waals surface area contributed by atoms with E-state index < -0.39 is 0 Å². The Balaban J connectivity index is 1.68. The van der Waals surface area contributed by atoms with Crippen LogP contribution in [0.5, 0.6) is 0 Å². The first-order valence-corrected chi connectivity index (χ1v) is 10.5. The molecule has 0 spiro atoms. The summed E-state index contributed by atoms with van der Waals surface area (Å²) in [6.07, 6.45) is 0. The summed E-state index contributed by atoms with van der Waals surface area (Å²) in [5.41, 5.74) is 1.38. The monoisotopic (exact) mass is 454 g/mol. The van der Waals surface area contributed by atoms with Crippen molar-refractivity contribution in [2.75, 3.05) is 0 Å². The van der Waals surface area contributed by atoms with Crippen molar-refractivity contribution in [3.05, 3.63) is 74.5 Å². The number of carbonyl (C=O) groups is 1. The van der Waals surface area contributed by atoms with E-state index in [1.54, 1.807) is 36.4 Å². The van der Waals surface area contributed by atoms with Crippen LogP contribution in [0.1, 0.15) is 34.7 Å². The first-order valence-electron chi connectivity index (χ1n) is 8.38. The van der Waals surface area contributed by atoms with Gasteiger partial charge in [0.1, 0.15) is 0 Å². The second-order valence-electron chi connectivity index (χ2n) is 6.10. The molecule has 9 heteroatoms. The fourth-order valence-corrected chi connectivity index (χ4v) is 4.29. The summed E-state index contributed by atoms with van der Waals surface area (Å²) < 4.78 is 1.85. The molecule has 0 aliphatic carbocycles. The molecule has 0 saturated heterocycles. The van der Waals surface area contributed by atoms with Gasteiger partial charge in [0.05, 0.1) is 16.6 Å². The van der Waals surface area contributed by atoms with Crippen molar-refractivity contribution in [3.63, 3.8) is 0 Å². The van der Waals surface area contributed by atoms with E-state index in [-0.39, 0.29) is 11.9 Å². The van der Waals surface area contributed by atoms with Gasteiger partial charge in [-0.25, -0.2) is 0 Å². The minimum absolute atomic E-state index is 0.261. The summed E-state index contributed by atoms with van der Waals surface area (Å²) in [7, 11) is 1.86. The number of benzene rings is 2. The van der Waals surface area contributed by atoms with Gasteiger partial charge in [0.15, 0.2) is 11.0 Å². The molecule has 1 amide bonds. The van der Waals surface area contributed by atoms with Crippen LogP contribution in [0.15, 0.2) is 47.6 Å². The van der Waals surface area contributed by atoms with Crippen LogP contribution < -0.4 is 5.32 Å². The van der Waals surface area contributed by atoms with E-state index in [9.17, 15) is 4.79 Å². The summed E-state index contributed by atoms with van der Waals surface area (Å²) in [4.78, 5) is 12.5. The third-order valence-electron chi connectivity index (χ3n) is 4.09. The minimum atomic E-state index is -0.338. The lowest BCUT2D eigenvalue weighted by Crippen LogP contribution is -2.28. The molecule has 0 bridgehead atoms. The predicted octanol–water partition coefficient (Wildman–Crippen LogP) is 5.56. The van der Waals surface area contributed by atoms with E-state index in [1.165, 1.54) is 11.8 Å². The van der Waals surface area contributed by atoms with Gasteiger partial charge in [-0.15, -0.1) is 10.2 Å². The smallest absolute Gasteiger partial charge is 0.253 e. The average Bonchev–Trinajstić information content (AvgIpc) is 3.02. The van der Waals surface area contributed by atoms with Crippen molar-refractivity contribution in [1.82, 2.24) is 20.1 Å². The van der Waals surface area contributed by atoms with Crippen LogP contribution in [-0.4, -0.2) is 20.7 Å². The molecule has 3 rings (SSSR count). The van der Waals surface area contributed by atoms with E-state index >= 15 is 0 Å². The van der Waals surface area contributed by atoms with Crippen molar-refractivity contribution in [3.8, 4) is 0 Å². The van der Waals surface area contributed by atoms with Gasteiger partial charge >= 0.3 is 0 Å². The van der Waals surface area contributed by atoms with Crippen LogP contribution >= 0.6 is 46.6 Å². The fourth-order valence-electron chi connectivity index (χ4n) is 2.59. The summed E-state index contributed by atoms with van der Waals surface area (Å²) in [6.45, 7) is 1.85. The Kier molecular flexibility index (Phi) is 6.88. The minimum Gasteiger partial charge on any atom is -0.342 e. The maximum Gasteiger partial charge on any atom is 0.253 e. The highest BCUT2D eigenvalue weighted by Gasteiger charge is 2.19. The van der Waals surface area contributed by atoms with Gasteiger partial charge in [0, 0.05) is 22.8 Å². The Morgan fingerprint density at radius 3 is 2.61 bits per heavy atom. The van der Waals surface area contributed by atoms with Crippen LogP contribution in [0.2, 0.25) is 15.1 Å². The molecule has 1 atom stereocenters. The van der Waals surface area contributed by atoms with Crippen LogP contribution in [-0.2, 0) is 12.8 Å². The van der Waals surface area contributed by atoms with Crippen molar-refractivity contribution >= 4 is 52.5 Å². The summed E-state index contributed by atoms with van der Waals surface area (Å²) in [5, 5.41) is 13.7. The Hall–Kier alpha value is -1.73. The molecular weight excluding hydrogens is 439 g/mol. The molecular formula is C19H17Cl3N4OS. The first-order chi connectivity index (χ1) is 13.4. The third kappa shape index (κ3) is 4.81. The van der Waals surface area contributed by atoms with Crippen molar-refractivity contribution in [2.24, 2.45) is 7.05 Å². The number of hydrogen-bond donors (Lipinski definition) is 1. The number of hydrogen-bond acceptors (Lipinski definition) is 4. The molecule has 0 fully saturated rings. The van der Waals surface area contributed by atoms with Crippen LogP contribution in [0, 0.1) is 0 Å². The number of amides is 1. The normalized spacial score (nSPS) is 12.0. The van der Waals surface area contributed by atoms with Gasteiger partial charge in [-0.2, -0.15) is 0 Å².